The number of nitrogens with one attached hydrogen (secondary N) is 1. The van der Waals surface area contributed by atoms with Crippen molar-refractivity contribution in [1.29, 1.82) is 0 Å². The minimum atomic E-state index is -0.181. The molecule has 0 spiro atoms. The van der Waals surface area contributed by atoms with Gasteiger partial charge in [0.1, 0.15) is 0 Å². The maximum atomic E-state index is 12.7. The molecule has 1 aliphatic rings. The van der Waals surface area contributed by atoms with Gasteiger partial charge in [0.05, 0.1) is 18.1 Å². The van der Waals surface area contributed by atoms with Crippen molar-refractivity contribution in [3.63, 3.8) is 0 Å². The molecule has 0 aromatic rings. The summed E-state index contributed by atoms with van der Waals surface area (Å²) in [7, 11) is 1.90. The van der Waals surface area contributed by atoms with E-state index in [9.17, 15) is 4.79 Å². The van der Waals surface area contributed by atoms with Gasteiger partial charge in [-0.3, -0.25) is 4.79 Å². The number of ether oxygens (including phenoxy) is 1. The summed E-state index contributed by atoms with van der Waals surface area (Å²) in [5, 5.41) is 3.39. The second kappa shape index (κ2) is 7.85. The van der Waals surface area contributed by atoms with Crippen molar-refractivity contribution >= 4 is 5.91 Å². The Kier molecular flexibility index (Phi) is 6.80. The first-order chi connectivity index (χ1) is 9.02. The Morgan fingerprint density at radius 2 is 2.21 bits per heavy atom. The van der Waals surface area contributed by atoms with Gasteiger partial charge in [0, 0.05) is 20.1 Å². The molecule has 112 valence electrons. The van der Waals surface area contributed by atoms with Crippen molar-refractivity contribution in [2.45, 2.75) is 52.6 Å². The number of amides is 1. The van der Waals surface area contributed by atoms with Crippen molar-refractivity contribution in [2.24, 2.45) is 5.41 Å². The minimum Gasteiger partial charge on any atom is -0.377 e. The Hall–Kier alpha value is -0.610. The van der Waals surface area contributed by atoms with E-state index in [0.29, 0.717) is 13.2 Å². The average Bonchev–Trinajstić information content (AvgIpc) is 2.38. The second-order valence-corrected chi connectivity index (χ2v) is 5.96. The molecule has 1 unspecified atom stereocenters. The Morgan fingerprint density at radius 3 is 2.74 bits per heavy atom. The number of hydrogen-bond donors (Lipinski definition) is 1. The van der Waals surface area contributed by atoms with E-state index in [1.54, 1.807) is 0 Å². The largest absolute Gasteiger partial charge is 0.377 e. The van der Waals surface area contributed by atoms with Crippen molar-refractivity contribution in [1.82, 2.24) is 10.2 Å². The molecule has 19 heavy (non-hydrogen) atoms. The summed E-state index contributed by atoms with van der Waals surface area (Å²) in [5.74, 6) is 0.286. The lowest BCUT2D eigenvalue weighted by Crippen LogP contribution is -2.51. The van der Waals surface area contributed by atoms with Crippen LogP contribution < -0.4 is 5.32 Å². The van der Waals surface area contributed by atoms with E-state index in [-0.39, 0.29) is 17.4 Å². The smallest absolute Gasteiger partial charge is 0.229 e. The van der Waals surface area contributed by atoms with E-state index in [1.165, 1.54) is 0 Å². The van der Waals surface area contributed by atoms with Crippen LogP contribution in [0.25, 0.3) is 0 Å². The number of likely N-dealkylation sites (N-methyl/N-ethyl adjacent to an activating group) is 1. The molecule has 1 fully saturated rings. The van der Waals surface area contributed by atoms with Gasteiger partial charge in [-0.05, 0) is 39.7 Å². The predicted octanol–water partition coefficient (Wildman–Crippen LogP) is 2.04. The quantitative estimate of drug-likeness (QED) is 0.770. The van der Waals surface area contributed by atoms with Crippen molar-refractivity contribution < 1.29 is 9.53 Å². The van der Waals surface area contributed by atoms with Crippen molar-refractivity contribution in [3.05, 3.63) is 0 Å². The third-order valence-corrected chi connectivity index (χ3v) is 3.88. The molecule has 1 saturated heterocycles. The molecule has 4 nitrogen and oxygen atoms in total. The lowest BCUT2D eigenvalue weighted by atomic mass is 9.76. The number of piperidine rings is 1. The number of nitrogens with zero attached hydrogens (tertiary/aromatic N) is 1. The number of carbonyl (C=O) groups is 1. The number of carbonyl (C=O) groups excluding carboxylic acids is 1. The van der Waals surface area contributed by atoms with Gasteiger partial charge in [0.25, 0.3) is 0 Å². The molecule has 0 radical (unpaired) electrons. The molecular weight excluding hydrogens is 240 g/mol. The van der Waals surface area contributed by atoms with Gasteiger partial charge in [0.2, 0.25) is 5.91 Å². The summed E-state index contributed by atoms with van der Waals surface area (Å²) < 4.78 is 5.53. The molecular formula is C15H30N2O2. The summed E-state index contributed by atoms with van der Waals surface area (Å²) in [6, 6.07) is 0. The van der Waals surface area contributed by atoms with Crippen LogP contribution in [0.1, 0.15) is 46.5 Å². The first-order valence-electron chi connectivity index (χ1n) is 7.60. The fourth-order valence-corrected chi connectivity index (χ4v) is 2.88. The van der Waals surface area contributed by atoms with Gasteiger partial charge < -0.3 is 15.0 Å². The van der Waals surface area contributed by atoms with Crippen LogP contribution in [0.15, 0.2) is 0 Å². The highest BCUT2D eigenvalue weighted by Gasteiger charge is 2.40. The highest BCUT2D eigenvalue weighted by atomic mass is 16.5. The zero-order chi connectivity index (χ0) is 14.3. The Balaban J connectivity index is 2.55. The summed E-state index contributed by atoms with van der Waals surface area (Å²) in [6.07, 6.45) is 4.38. The van der Waals surface area contributed by atoms with E-state index in [4.69, 9.17) is 4.74 Å². The molecule has 1 aliphatic heterocycles. The molecule has 0 aromatic carbocycles. The van der Waals surface area contributed by atoms with Crippen LogP contribution in [-0.2, 0) is 9.53 Å². The van der Waals surface area contributed by atoms with Crippen LogP contribution in [0.3, 0.4) is 0 Å². The van der Waals surface area contributed by atoms with Gasteiger partial charge >= 0.3 is 0 Å². The van der Waals surface area contributed by atoms with Crippen molar-refractivity contribution in [3.8, 4) is 0 Å². The van der Waals surface area contributed by atoms with Crippen LogP contribution in [0.4, 0.5) is 0 Å². The van der Waals surface area contributed by atoms with Crippen LogP contribution in [-0.4, -0.2) is 50.2 Å². The maximum Gasteiger partial charge on any atom is 0.229 e. The third-order valence-electron chi connectivity index (χ3n) is 3.88. The van der Waals surface area contributed by atoms with E-state index in [1.807, 2.05) is 25.8 Å². The molecule has 1 atom stereocenters. The van der Waals surface area contributed by atoms with Gasteiger partial charge in [-0.15, -0.1) is 0 Å². The standard InChI is InChI=1S/C15H30N2O2/c1-5-7-15(8-6-9-16-12-15)14(18)17(4)10-11-19-13(2)3/h13,16H,5-12H2,1-4H3. The molecule has 0 bridgehead atoms. The molecule has 1 heterocycles. The average molecular weight is 270 g/mol. The van der Waals surface area contributed by atoms with Gasteiger partial charge in [-0.25, -0.2) is 0 Å². The van der Waals surface area contributed by atoms with Crippen LogP contribution in [0.2, 0.25) is 0 Å². The third kappa shape index (κ3) is 4.77. The minimum absolute atomic E-state index is 0.181. The van der Waals surface area contributed by atoms with E-state index in [2.05, 4.69) is 12.2 Å². The molecule has 0 aliphatic carbocycles. The van der Waals surface area contributed by atoms with Crippen molar-refractivity contribution in [2.75, 3.05) is 33.3 Å². The predicted molar refractivity (Wildman–Crippen MR) is 78.2 cm³/mol. The first-order valence-corrected chi connectivity index (χ1v) is 7.60. The fourth-order valence-electron chi connectivity index (χ4n) is 2.88. The highest BCUT2D eigenvalue weighted by Crippen LogP contribution is 2.33. The molecule has 0 aromatic heterocycles. The molecule has 0 saturated carbocycles. The lowest BCUT2D eigenvalue weighted by molar-refractivity contribution is -0.143. The summed E-state index contributed by atoms with van der Waals surface area (Å²) in [4.78, 5) is 14.6. The molecule has 1 amide bonds. The number of hydrogen-bond acceptors (Lipinski definition) is 3. The number of rotatable bonds is 7. The van der Waals surface area contributed by atoms with E-state index >= 15 is 0 Å². The van der Waals surface area contributed by atoms with Crippen LogP contribution in [0.5, 0.6) is 0 Å². The Bertz CT molecular complexity index is 268. The monoisotopic (exact) mass is 270 g/mol. The van der Waals surface area contributed by atoms with Gasteiger partial charge in [0.15, 0.2) is 0 Å². The van der Waals surface area contributed by atoms with E-state index < -0.39 is 0 Å². The summed E-state index contributed by atoms with van der Waals surface area (Å²) in [6.45, 7) is 9.37. The second-order valence-electron chi connectivity index (χ2n) is 5.96. The topological polar surface area (TPSA) is 41.6 Å². The fraction of sp³-hybridized carbons (Fsp3) is 0.933. The van der Waals surface area contributed by atoms with Crippen LogP contribution >= 0.6 is 0 Å². The maximum absolute atomic E-state index is 12.7. The normalized spacial score (nSPS) is 23.6. The van der Waals surface area contributed by atoms with Gasteiger partial charge in [-0.1, -0.05) is 13.3 Å². The SMILES string of the molecule is CCCC1(C(=O)N(C)CCOC(C)C)CCCNC1. The van der Waals surface area contributed by atoms with Gasteiger partial charge in [-0.2, -0.15) is 0 Å². The van der Waals surface area contributed by atoms with E-state index in [0.717, 1.165) is 38.8 Å². The summed E-state index contributed by atoms with van der Waals surface area (Å²) in [5.41, 5.74) is -0.181. The first kappa shape index (κ1) is 16.4. The molecule has 1 N–H and O–H groups in total. The highest BCUT2D eigenvalue weighted by molar-refractivity contribution is 5.83. The lowest BCUT2D eigenvalue weighted by Gasteiger charge is -2.39. The zero-order valence-electron chi connectivity index (χ0n) is 13.0. The summed E-state index contributed by atoms with van der Waals surface area (Å²) >= 11 is 0. The zero-order valence-corrected chi connectivity index (χ0v) is 13.0. The molecule has 4 heteroatoms. The molecule has 1 rings (SSSR count). The van der Waals surface area contributed by atoms with Crippen LogP contribution in [0, 0.1) is 5.41 Å². The Labute approximate surface area is 117 Å². The Morgan fingerprint density at radius 1 is 1.47 bits per heavy atom.